The topological polar surface area (TPSA) is 58.3 Å². The van der Waals surface area contributed by atoms with Crippen molar-refractivity contribution < 1.29 is 9.52 Å². The van der Waals surface area contributed by atoms with Gasteiger partial charge < -0.3 is 14.8 Å². The van der Waals surface area contributed by atoms with Gasteiger partial charge in [0.1, 0.15) is 5.76 Å². The second kappa shape index (κ2) is 5.65. The van der Waals surface area contributed by atoms with Gasteiger partial charge in [0.15, 0.2) is 6.39 Å². The number of aliphatic hydroxyl groups is 1. The summed E-state index contributed by atoms with van der Waals surface area (Å²) in [4.78, 5) is 3.86. The van der Waals surface area contributed by atoms with Crippen LogP contribution >= 0.6 is 0 Å². The molecular formula is C13H22N2O2. The molecule has 1 heterocycles. The molecule has 0 spiro atoms. The van der Waals surface area contributed by atoms with Crippen LogP contribution in [0.25, 0.3) is 0 Å². The lowest BCUT2D eigenvalue weighted by Crippen LogP contribution is -2.43. The van der Waals surface area contributed by atoms with Crippen molar-refractivity contribution in [3.8, 4) is 0 Å². The Balaban J connectivity index is 1.71. The number of nitrogens with zero attached hydrogens (tertiary/aromatic N) is 1. The third-order valence-electron chi connectivity index (χ3n) is 3.85. The van der Waals surface area contributed by atoms with Gasteiger partial charge in [-0.3, -0.25) is 0 Å². The second-order valence-electron chi connectivity index (χ2n) is 5.15. The normalized spacial score (nSPS) is 29.4. The highest BCUT2D eigenvalue weighted by molar-refractivity contribution is 4.91. The molecule has 4 nitrogen and oxygen atoms in total. The maximum Gasteiger partial charge on any atom is 0.180 e. The molecule has 2 rings (SSSR count). The van der Waals surface area contributed by atoms with Gasteiger partial charge in [0.25, 0.3) is 0 Å². The zero-order valence-electron chi connectivity index (χ0n) is 10.5. The summed E-state index contributed by atoms with van der Waals surface area (Å²) in [5.74, 6) is 1.63. The van der Waals surface area contributed by atoms with E-state index in [1.165, 1.54) is 12.8 Å². The van der Waals surface area contributed by atoms with E-state index in [2.05, 4.69) is 17.2 Å². The fourth-order valence-electron chi connectivity index (χ4n) is 2.55. The molecule has 0 radical (unpaired) electrons. The number of nitrogens with one attached hydrogen (secondary N) is 1. The molecule has 0 amide bonds. The summed E-state index contributed by atoms with van der Waals surface area (Å²) < 4.78 is 5.14. The molecule has 1 aliphatic rings. The van der Waals surface area contributed by atoms with Crippen LogP contribution in [0.5, 0.6) is 0 Å². The van der Waals surface area contributed by atoms with E-state index in [9.17, 15) is 5.11 Å². The smallest absolute Gasteiger partial charge is 0.180 e. The highest BCUT2D eigenvalue weighted by atomic mass is 16.3. The van der Waals surface area contributed by atoms with E-state index in [1.807, 2.05) is 0 Å². The van der Waals surface area contributed by atoms with E-state index >= 15 is 0 Å². The second-order valence-corrected chi connectivity index (χ2v) is 5.15. The van der Waals surface area contributed by atoms with Crippen molar-refractivity contribution in [2.75, 3.05) is 6.54 Å². The Hall–Kier alpha value is -0.870. The van der Waals surface area contributed by atoms with Gasteiger partial charge in [0.05, 0.1) is 18.3 Å². The van der Waals surface area contributed by atoms with E-state index in [1.54, 1.807) is 6.20 Å². The van der Waals surface area contributed by atoms with Crippen LogP contribution in [0.3, 0.4) is 0 Å². The van der Waals surface area contributed by atoms with Gasteiger partial charge in [0.2, 0.25) is 0 Å². The summed E-state index contributed by atoms with van der Waals surface area (Å²) in [5, 5.41) is 13.7. The Morgan fingerprint density at radius 1 is 1.53 bits per heavy atom. The monoisotopic (exact) mass is 238 g/mol. The molecule has 0 aliphatic heterocycles. The molecule has 1 fully saturated rings. The third kappa shape index (κ3) is 3.54. The minimum atomic E-state index is -0.522. The molecule has 17 heavy (non-hydrogen) atoms. The van der Waals surface area contributed by atoms with E-state index in [0.717, 1.165) is 37.4 Å². The van der Waals surface area contributed by atoms with Crippen LogP contribution < -0.4 is 5.32 Å². The van der Waals surface area contributed by atoms with Crippen molar-refractivity contribution in [3.05, 3.63) is 18.4 Å². The van der Waals surface area contributed by atoms with Gasteiger partial charge in [0, 0.05) is 6.54 Å². The largest absolute Gasteiger partial charge is 0.447 e. The van der Waals surface area contributed by atoms with Gasteiger partial charge in [-0.25, -0.2) is 4.98 Å². The Morgan fingerprint density at radius 2 is 2.29 bits per heavy atom. The minimum Gasteiger partial charge on any atom is -0.447 e. The van der Waals surface area contributed by atoms with Crippen molar-refractivity contribution in [2.24, 2.45) is 5.92 Å². The molecule has 2 N–H and O–H groups in total. The number of aromatic nitrogens is 1. The van der Waals surface area contributed by atoms with Crippen molar-refractivity contribution >= 4 is 0 Å². The summed E-state index contributed by atoms with van der Waals surface area (Å²) in [6.07, 6.45) is 8.49. The molecule has 1 aromatic rings. The predicted molar refractivity (Wildman–Crippen MR) is 65.4 cm³/mol. The van der Waals surface area contributed by atoms with E-state index in [0.29, 0.717) is 13.1 Å². The summed E-state index contributed by atoms with van der Waals surface area (Å²) in [5.41, 5.74) is -0.522. The SMILES string of the molecule is CCC1CCC(O)(CNCc2cnco2)CC1. The molecule has 1 saturated carbocycles. The van der Waals surface area contributed by atoms with Gasteiger partial charge in [-0.15, -0.1) is 0 Å². The number of rotatable bonds is 5. The minimum absolute atomic E-state index is 0.522. The van der Waals surface area contributed by atoms with Crippen molar-refractivity contribution in [1.82, 2.24) is 10.3 Å². The Labute approximate surface area is 102 Å². The van der Waals surface area contributed by atoms with Gasteiger partial charge >= 0.3 is 0 Å². The van der Waals surface area contributed by atoms with E-state index in [4.69, 9.17) is 4.42 Å². The molecule has 0 bridgehead atoms. The first kappa shape index (κ1) is 12.6. The van der Waals surface area contributed by atoms with Crippen LogP contribution in [-0.2, 0) is 6.54 Å². The Morgan fingerprint density at radius 3 is 2.88 bits per heavy atom. The highest BCUT2D eigenvalue weighted by Gasteiger charge is 2.32. The van der Waals surface area contributed by atoms with Crippen LogP contribution in [0.1, 0.15) is 44.8 Å². The molecular weight excluding hydrogens is 216 g/mol. The zero-order valence-corrected chi connectivity index (χ0v) is 10.5. The molecule has 4 heteroatoms. The molecule has 0 atom stereocenters. The van der Waals surface area contributed by atoms with Crippen LogP contribution in [0, 0.1) is 5.92 Å². The fourth-order valence-corrected chi connectivity index (χ4v) is 2.55. The maximum absolute atomic E-state index is 10.4. The molecule has 1 aromatic heterocycles. The molecule has 0 aromatic carbocycles. The first-order valence-corrected chi connectivity index (χ1v) is 6.52. The lowest BCUT2D eigenvalue weighted by Gasteiger charge is -2.35. The highest BCUT2D eigenvalue weighted by Crippen LogP contribution is 2.33. The lowest BCUT2D eigenvalue weighted by molar-refractivity contribution is -0.00906. The fraction of sp³-hybridized carbons (Fsp3) is 0.769. The zero-order chi connectivity index (χ0) is 12.1. The average molecular weight is 238 g/mol. The third-order valence-corrected chi connectivity index (χ3v) is 3.85. The molecule has 0 saturated heterocycles. The van der Waals surface area contributed by atoms with Crippen LogP contribution in [0.15, 0.2) is 17.0 Å². The quantitative estimate of drug-likeness (QED) is 0.824. The first-order valence-electron chi connectivity index (χ1n) is 6.52. The van der Waals surface area contributed by atoms with Crippen molar-refractivity contribution in [3.63, 3.8) is 0 Å². The van der Waals surface area contributed by atoms with Gasteiger partial charge in [-0.05, 0) is 31.6 Å². The van der Waals surface area contributed by atoms with Crippen LogP contribution in [-0.4, -0.2) is 22.2 Å². The van der Waals surface area contributed by atoms with Gasteiger partial charge in [-0.2, -0.15) is 0 Å². The Kier molecular flexibility index (Phi) is 4.18. The van der Waals surface area contributed by atoms with Crippen LogP contribution in [0.2, 0.25) is 0 Å². The summed E-state index contributed by atoms with van der Waals surface area (Å²) in [6.45, 7) is 3.51. The van der Waals surface area contributed by atoms with Crippen molar-refractivity contribution in [2.45, 2.75) is 51.2 Å². The molecule has 0 unspecified atom stereocenters. The Bertz CT molecular complexity index is 316. The molecule has 1 aliphatic carbocycles. The van der Waals surface area contributed by atoms with E-state index < -0.39 is 5.60 Å². The number of hydrogen-bond donors (Lipinski definition) is 2. The molecule has 96 valence electrons. The van der Waals surface area contributed by atoms with Crippen LogP contribution in [0.4, 0.5) is 0 Å². The predicted octanol–water partition coefficient (Wildman–Crippen LogP) is 2.10. The number of hydrogen-bond acceptors (Lipinski definition) is 4. The number of oxazole rings is 1. The summed E-state index contributed by atoms with van der Waals surface area (Å²) >= 11 is 0. The standard InChI is InChI=1S/C13H22N2O2/c1-2-11-3-5-13(16,6-4-11)9-14-7-12-8-15-10-17-12/h8,10-11,14,16H,2-7,9H2,1H3. The summed E-state index contributed by atoms with van der Waals surface area (Å²) in [7, 11) is 0. The summed E-state index contributed by atoms with van der Waals surface area (Å²) in [6, 6.07) is 0. The average Bonchev–Trinajstić information content (AvgIpc) is 2.83. The lowest BCUT2D eigenvalue weighted by atomic mass is 9.78. The van der Waals surface area contributed by atoms with E-state index in [-0.39, 0.29) is 0 Å². The van der Waals surface area contributed by atoms with Gasteiger partial charge in [-0.1, -0.05) is 13.3 Å². The first-order chi connectivity index (χ1) is 8.22. The van der Waals surface area contributed by atoms with Crippen molar-refractivity contribution in [1.29, 1.82) is 0 Å². The maximum atomic E-state index is 10.4.